The summed E-state index contributed by atoms with van der Waals surface area (Å²) in [5, 5.41) is 8.89. The van der Waals surface area contributed by atoms with Crippen LogP contribution >= 0.6 is 0 Å². The predicted molar refractivity (Wildman–Crippen MR) is 43.1 cm³/mol. The zero-order valence-corrected chi connectivity index (χ0v) is 6.11. The van der Waals surface area contributed by atoms with Gasteiger partial charge in [-0.3, -0.25) is 0 Å². The van der Waals surface area contributed by atoms with Crippen LogP contribution in [0.15, 0.2) is 29.3 Å². The van der Waals surface area contributed by atoms with Gasteiger partial charge in [0.05, 0.1) is 6.04 Å². The van der Waals surface area contributed by atoms with Gasteiger partial charge in [0.1, 0.15) is 5.75 Å². The van der Waals surface area contributed by atoms with Gasteiger partial charge in [0.2, 0.25) is 6.08 Å². The summed E-state index contributed by atoms with van der Waals surface area (Å²) < 4.78 is 0. The highest BCUT2D eigenvalue weighted by molar-refractivity contribution is 5.41. The summed E-state index contributed by atoms with van der Waals surface area (Å²) in [6.07, 6.45) is 1.30. The lowest BCUT2D eigenvalue weighted by Crippen LogP contribution is -1.70. The van der Waals surface area contributed by atoms with E-state index >= 15 is 0 Å². The molecule has 0 fully saturated rings. The zero-order valence-electron chi connectivity index (χ0n) is 6.11. The minimum Gasteiger partial charge on any atom is -0.508 e. The van der Waals surface area contributed by atoms with Crippen LogP contribution in [0.5, 0.6) is 5.75 Å². The molecule has 12 heavy (non-hydrogen) atoms. The number of isocyanates is 1. The lowest BCUT2D eigenvalue weighted by molar-refractivity contribution is 0.475. The number of benzene rings is 1. The summed E-state index contributed by atoms with van der Waals surface area (Å²) >= 11 is 0. The molecule has 0 amide bonds. The molecule has 0 unspecified atom stereocenters. The number of aliphatic imine (C=N–C) groups is 1. The van der Waals surface area contributed by atoms with Crippen molar-refractivity contribution in [1.29, 1.82) is 0 Å². The van der Waals surface area contributed by atoms with Crippen molar-refractivity contribution in [2.75, 3.05) is 0 Å². The molecule has 0 atom stereocenters. The second kappa shape index (κ2) is 3.97. The number of hydrogen-bond acceptors (Lipinski definition) is 3. The molecule has 0 heterocycles. The summed E-state index contributed by atoms with van der Waals surface area (Å²) in [6.45, 7) is 0. The molecule has 1 aromatic carbocycles. The minimum atomic E-state index is 0.180. The molecule has 1 rings (SSSR count). The Bertz CT molecular complexity index is 364. The molecule has 1 aromatic rings. The van der Waals surface area contributed by atoms with Crippen LogP contribution in [0.25, 0.3) is 0 Å². The summed E-state index contributed by atoms with van der Waals surface area (Å²) in [5.41, 5.74) is 0.687. The number of carbonyl (C=O) groups excluding carboxylic acids is 1. The van der Waals surface area contributed by atoms with Gasteiger partial charge in [-0.25, -0.2) is 4.79 Å². The van der Waals surface area contributed by atoms with E-state index in [9.17, 15) is 4.79 Å². The van der Waals surface area contributed by atoms with Crippen molar-refractivity contribution in [2.24, 2.45) is 4.99 Å². The van der Waals surface area contributed by atoms with Crippen molar-refractivity contribution in [3.63, 3.8) is 0 Å². The van der Waals surface area contributed by atoms with Crippen molar-refractivity contribution in [3.05, 3.63) is 29.8 Å². The molecule has 3 nitrogen and oxygen atoms in total. The number of rotatable bonds is 0. The third-order valence-electron chi connectivity index (χ3n) is 1.17. The smallest absolute Gasteiger partial charge is 0.249 e. The first-order valence-corrected chi connectivity index (χ1v) is 3.20. The van der Waals surface area contributed by atoms with Crippen LogP contribution in [-0.2, 0) is 4.79 Å². The fourth-order valence-electron chi connectivity index (χ4n) is 0.660. The molecule has 0 saturated carbocycles. The molecule has 0 aromatic heterocycles. The Kier molecular flexibility index (Phi) is 2.67. The van der Waals surface area contributed by atoms with E-state index in [0.29, 0.717) is 5.56 Å². The highest BCUT2D eigenvalue weighted by atomic mass is 16.3. The molecule has 58 valence electrons. The molecular formula is C9H5NO2. The van der Waals surface area contributed by atoms with Crippen LogP contribution in [0.4, 0.5) is 0 Å². The highest BCUT2D eigenvalue weighted by Crippen LogP contribution is 2.07. The van der Waals surface area contributed by atoms with Gasteiger partial charge in [0.15, 0.2) is 0 Å². The monoisotopic (exact) mass is 159 g/mol. The largest absolute Gasteiger partial charge is 0.508 e. The maximum absolute atomic E-state index is 9.62. The third kappa shape index (κ3) is 2.30. The third-order valence-corrected chi connectivity index (χ3v) is 1.17. The Morgan fingerprint density at radius 1 is 1.25 bits per heavy atom. The van der Waals surface area contributed by atoms with E-state index in [0.717, 1.165) is 0 Å². The van der Waals surface area contributed by atoms with E-state index in [1.54, 1.807) is 12.1 Å². The van der Waals surface area contributed by atoms with Gasteiger partial charge in [0, 0.05) is 5.56 Å². The standard InChI is InChI=1S/C9H5NO2/c11-7-10-6-5-8-1-3-9(12)4-2-8/h1-4,12H. The van der Waals surface area contributed by atoms with Crippen LogP contribution in [-0.4, -0.2) is 11.2 Å². The second-order valence-corrected chi connectivity index (χ2v) is 1.99. The molecule has 0 radical (unpaired) electrons. The van der Waals surface area contributed by atoms with Gasteiger partial charge in [0.25, 0.3) is 0 Å². The Hall–Kier alpha value is -2.04. The molecule has 0 aliphatic carbocycles. The lowest BCUT2D eigenvalue weighted by atomic mass is 10.2. The molecule has 0 aliphatic heterocycles. The number of nitrogens with zero attached hydrogens (tertiary/aromatic N) is 1. The molecule has 0 aliphatic rings. The molecule has 0 spiro atoms. The topological polar surface area (TPSA) is 49.7 Å². The van der Waals surface area contributed by atoms with Crippen molar-refractivity contribution in [1.82, 2.24) is 0 Å². The fraction of sp³-hybridized carbons (Fsp3) is 0. The fourth-order valence-corrected chi connectivity index (χ4v) is 0.660. The maximum Gasteiger partial charge on any atom is 0.249 e. The first-order chi connectivity index (χ1) is 5.83. The van der Waals surface area contributed by atoms with E-state index in [1.165, 1.54) is 18.2 Å². The Morgan fingerprint density at radius 3 is 2.50 bits per heavy atom. The van der Waals surface area contributed by atoms with Crippen molar-refractivity contribution < 1.29 is 9.90 Å². The molecule has 1 N–H and O–H groups in total. The quantitative estimate of drug-likeness (QED) is 0.349. The van der Waals surface area contributed by atoms with Crippen molar-refractivity contribution >= 4 is 6.08 Å². The number of aromatic hydroxyl groups is 1. The molecule has 0 bridgehead atoms. The summed E-state index contributed by atoms with van der Waals surface area (Å²) in [6, 6.07) is 8.51. The van der Waals surface area contributed by atoms with Gasteiger partial charge in [-0.05, 0) is 30.2 Å². The van der Waals surface area contributed by atoms with Crippen molar-refractivity contribution in [3.8, 4) is 17.7 Å². The average molecular weight is 159 g/mol. The zero-order chi connectivity index (χ0) is 8.81. The SMILES string of the molecule is O=C=NC#Cc1ccc(O)cc1. The van der Waals surface area contributed by atoms with Crippen LogP contribution in [0, 0.1) is 12.0 Å². The first-order valence-electron chi connectivity index (χ1n) is 3.20. The molecular weight excluding hydrogens is 154 g/mol. The van der Waals surface area contributed by atoms with E-state index in [-0.39, 0.29) is 5.75 Å². The normalized spacial score (nSPS) is 7.67. The molecule has 3 heteroatoms. The van der Waals surface area contributed by atoms with E-state index in [2.05, 4.69) is 17.0 Å². The predicted octanol–water partition coefficient (Wildman–Crippen LogP) is 1.04. The summed E-state index contributed by atoms with van der Waals surface area (Å²) in [7, 11) is 0. The van der Waals surface area contributed by atoms with Gasteiger partial charge < -0.3 is 5.11 Å². The Morgan fingerprint density at radius 2 is 1.92 bits per heavy atom. The Labute approximate surface area is 69.4 Å². The van der Waals surface area contributed by atoms with E-state index < -0.39 is 0 Å². The van der Waals surface area contributed by atoms with E-state index in [4.69, 9.17) is 5.11 Å². The first kappa shape index (κ1) is 8.06. The lowest BCUT2D eigenvalue weighted by Gasteiger charge is -1.89. The second-order valence-electron chi connectivity index (χ2n) is 1.99. The number of hydrogen-bond donors (Lipinski definition) is 1. The highest BCUT2D eigenvalue weighted by Gasteiger charge is 1.86. The Balaban J connectivity index is 2.86. The van der Waals surface area contributed by atoms with Gasteiger partial charge in [-0.2, -0.15) is 0 Å². The van der Waals surface area contributed by atoms with Crippen LogP contribution < -0.4 is 0 Å². The number of phenols is 1. The summed E-state index contributed by atoms with van der Waals surface area (Å²) in [4.78, 5) is 12.7. The van der Waals surface area contributed by atoms with E-state index in [1.807, 2.05) is 0 Å². The van der Waals surface area contributed by atoms with Crippen molar-refractivity contribution in [2.45, 2.75) is 0 Å². The minimum absolute atomic E-state index is 0.180. The molecule has 0 saturated heterocycles. The van der Waals surface area contributed by atoms with Crippen LogP contribution in [0.1, 0.15) is 5.56 Å². The van der Waals surface area contributed by atoms with Gasteiger partial charge in [-0.1, -0.05) is 0 Å². The van der Waals surface area contributed by atoms with Crippen LogP contribution in [0.2, 0.25) is 0 Å². The van der Waals surface area contributed by atoms with Crippen LogP contribution in [0.3, 0.4) is 0 Å². The van der Waals surface area contributed by atoms with Gasteiger partial charge in [-0.15, -0.1) is 4.99 Å². The number of phenolic OH excluding ortho intramolecular Hbond substituents is 1. The average Bonchev–Trinajstić information content (AvgIpc) is 2.09. The summed E-state index contributed by atoms with van der Waals surface area (Å²) in [5.74, 6) is 2.76. The maximum atomic E-state index is 9.62. The van der Waals surface area contributed by atoms with Gasteiger partial charge >= 0.3 is 0 Å².